The van der Waals surface area contributed by atoms with Gasteiger partial charge in [0.25, 0.3) is 5.91 Å². The first kappa shape index (κ1) is 14.9. The summed E-state index contributed by atoms with van der Waals surface area (Å²) in [5.41, 5.74) is 1.72. The zero-order valence-electron chi connectivity index (χ0n) is 13.0. The van der Waals surface area contributed by atoms with Crippen LogP contribution in [0.15, 0.2) is 30.3 Å². The highest BCUT2D eigenvalue weighted by Crippen LogP contribution is 2.39. The van der Waals surface area contributed by atoms with Gasteiger partial charge >= 0.3 is 0 Å². The van der Waals surface area contributed by atoms with Crippen molar-refractivity contribution >= 4 is 11.8 Å². The van der Waals surface area contributed by atoms with Gasteiger partial charge in [0, 0.05) is 24.7 Å². The van der Waals surface area contributed by atoms with Gasteiger partial charge in [-0.2, -0.15) is 5.10 Å². The van der Waals surface area contributed by atoms with Crippen molar-refractivity contribution in [1.82, 2.24) is 20.4 Å². The predicted molar refractivity (Wildman–Crippen MR) is 83.7 cm³/mol. The minimum absolute atomic E-state index is 0.299. The number of nitrogens with zero attached hydrogens (tertiary/aromatic N) is 2. The summed E-state index contributed by atoms with van der Waals surface area (Å²) in [4.78, 5) is 26.6. The first-order valence-corrected chi connectivity index (χ1v) is 8.03. The van der Waals surface area contributed by atoms with Crippen LogP contribution in [0.4, 0.5) is 4.39 Å². The molecule has 2 fully saturated rings. The Bertz CT molecular complexity index is 799. The Balaban J connectivity index is 1.65. The summed E-state index contributed by atoms with van der Waals surface area (Å²) in [6, 6.07) is 6.70. The maximum atomic E-state index is 13.5. The minimum Gasteiger partial charge on any atom is -0.352 e. The fourth-order valence-corrected chi connectivity index (χ4v) is 3.09. The van der Waals surface area contributed by atoms with Gasteiger partial charge in [-0.05, 0) is 36.6 Å². The molecule has 1 aromatic heterocycles. The molecule has 2 aliphatic rings. The van der Waals surface area contributed by atoms with Gasteiger partial charge in [-0.15, -0.1) is 0 Å². The number of carbonyl (C=O) groups is 2. The third-order valence-electron chi connectivity index (χ3n) is 4.47. The van der Waals surface area contributed by atoms with E-state index < -0.39 is 11.9 Å². The number of benzene rings is 1. The molecule has 1 aliphatic heterocycles. The summed E-state index contributed by atoms with van der Waals surface area (Å²) in [5, 5.41) is 9.74. The zero-order valence-corrected chi connectivity index (χ0v) is 13.0. The monoisotopic (exact) mass is 328 g/mol. The number of carbonyl (C=O) groups excluding carboxylic acids is 2. The average Bonchev–Trinajstić information content (AvgIpc) is 3.31. The Morgan fingerprint density at radius 2 is 2.12 bits per heavy atom. The summed E-state index contributed by atoms with van der Waals surface area (Å²) < 4.78 is 13.5. The molecule has 1 saturated carbocycles. The summed E-state index contributed by atoms with van der Waals surface area (Å²) in [6.45, 7) is 0.730. The van der Waals surface area contributed by atoms with Gasteiger partial charge in [-0.3, -0.25) is 14.7 Å². The molecule has 0 spiro atoms. The molecule has 7 heteroatoms. The SMILES string of the molecule is O=C1NCCN(C(=O)c2cc(C3CC3)[nH]n2)C1c1cccc(F)c1. The van der Waals surface area contributed by atoms with E-state index in [2.05, 4.69) is 15.5 Å². The van der Waals surface area contributed by atoms with E-state index in [1.807, 2.05) is 0 Å². The van der Waals surface area contributed by atoms with Crippen molar-refractivity contribution in [2.24, 2.45) is 0 Å². The number of piperazine rings is 1. The van der Waals surface area contributed by atoms with E-state index >= 15 is 0 Å². The molecule has 2 N–H and O–H groups in total. The lowest BCUT2D eigenvalue weighted by atomic mass is 10.0. The van der Waals surface area contributed by atoms with Crippen molar-refractivity contribution in [3.63, 3.8) is 0 Å². The molecule has 6 nitrogen and oxygen atoms in total. The molecule has 0 radical (unpaired) electrons. The normalized spacial score (nSPS) is 20.8. The van der Waals surface area contributed by atoms with Crippen molar-refractivity contribution in [3.05, 3.63) is 53.1 Å². The van der Waals surface area contributed by atoms with Gasteiger partial charge in [0.15, 0.2) is 0 Å². The van der Waals surface area contributed by atoms with Crippen LogP contribution in [0.3, 0.4) is 0 Å². The highest BCUT2D eigenvalue weighted by molar-refractivity contribution is 5.97. The van der Waals surface area contributed by atoms with Gasteiger partial charge < -0.3 is 10.2 Å². The van der Waals surface area contributed by atoms with Crippen LogP contribution in [0.25, 0.3) is 0 Å². The lowest BCUT2D eigenvalue weighted by molar-refractivity contribution is -0.128. The standard InChI is InChI=1S/C17H17FN4O2/c18-12-3-1-2-11(8-12)15-16(23)19-6-7-22(15)17(24)14-9-13(20-21-14)10-4-5-10/h1-3,8-10,15H,4-7H2,(H,19,23)(H,20,21). The maximum absolute atomic E-state index is 13.5. The fraction of sp³-hybridized carbons (Fsp3) is 0.353. The highest BCUT2D eigenvalue weighted by atomic mass is 19.1. The van der Waals surface area contributed by atoms with Crippen LogP contribution in [0.1, 0.15) is 46.5 Å². The molecule has 2 amide bonds. The van der Waals surface area contributed by atoms with Crippen LogP contribution in [0, 0.1) is 5.82 Å². The Labute approximate surface area is 138 Å². The molecule has 124 valence electrons. The molecule has 1 atom stereocenters. The number of amides is 2. The van der Waals surface area contributed by atoms with E-state index in [1.165, 1.54) is 23.1 Å². The van der Waals surface area contributed by atoms with Crippen molar-refractivity contribution < 1.29 is 14.0 Å². The van der Waals surface area contributed by atoms with Crippen LogP contribution in [-0.2, 0) is 4.79 Å². The predicted octanol–water partition coefficient (Wildman–Crippen LogP) is 1.74. The summed E-state index contributed by atoms with van der Waals surface area (Å²) >= 11 is 0. The third-order valence-corrected chi connectivity index (χ3v) is 4.47. The number of aromatic nitrogens is 2. The molecular formula is C17H17FN4O2. The molecule has 1 saturated heterocycles. The first-order valence-electron chi connectivity index (χ1n) is 8.03. The first-order chi connectivity index (χ1) is 11.6. The van der Waals surface area contributed by atoms with Crippen molar-refractivity contribution in [2.75, 3.05) is 13.1 Å². The number of aromatic amines is 1. The molecule has 2 heterocycles. The van der Waals surface area contributed by atoms with Crippen LogP contribution < -0.4 is 5.32 Å². The van der Waals surface area contributed by atoms with Gasteiger partial charge in [0.1, 0.15) is 17.6 Å². The van der Waals surface area contributed by atoms with Crippen LogP contribution in [0.5, 0.6) is 0 Å². The largest absolute Gasteiger partial charge is 0.352 e. The van der Waals surface area contributed by atoms with E-state index in [-0.39, 0.29) is 11.8 Å². The van der Waals surface area contributed by atoms with E-state index in [1.54, 1.807) is 12.1 Å². The second-order valence-electron chi connectivity index (χ2n) is 6.23. The second kappa shape index (κ2) is 5.74. The fourth-order valence-electron chi connectivity index (χ4n) is 3.09. The van der Waals surface area contributed by atoms with Crippen LogP contribution in [0.2, 0.25) is 0 Å². The van der Waals surface area contributed by atoms with Gasteiger partial charge in [-0.1, -0.05) is 12.1 Å². The Kier molecular flexibility index (Phi) is 3.55. The Hall–Kier alpha value is -2.70. The lowest BCUT2D eigenvalue weighted by Gasteiger charge is -2.34. The average molecular weight is 328 g/mol. The topological polar surface area (TPSA) is 78.1 Å². The number of halogens is 1. The number of rotatable bonds is 3. The van der Waals surface area contributed by atoms with Crippen molar-refractivity contribution in [3.8, 4) is 0 Å². The van der Waals surface area contributed by atoms with Crippen LogP contribution in [-0.4, -0.2) is 40.0 Å². The number of nitrogens with one attached hydrogen (secondary N) is 2. The molecule has 2 aromatic rings. The molecule has 24 heavy (non-hydrogen) atoms. The Morgan fingerprint density at radius 1 is 1.29 bits per heavy atom. The van der Waals surface area contributed by atoms with E-state index in [9.17, 15) is 14.0 Å². The highest BCUT2D eigenvalue weighted by Gasteiger charge is 2.36. The second-order valence-corrected chi connectivity index (χ2v) is 6.23. The minimum atomic E-state index is -0.844. The molecular weight excluding hydrogens is 311 g/mol. The molecule has 4 rings (SSSR count). The van der Waals surface area contributed by atoms with E-state index in [0.717, 1.165) is 18.5 Å². The Morgan fingerprint density at radius 3 is 2.88 bits per heavy atom. The molecule has 1 aliphatic carbocycles. The zero-order chi connectivity index (χ0) is 16.7. The molecule has 0 bridgehead atoms. The maximum Gasteiger partial charge on any atom is 0.275 e. The summed E-state index contributed by atoms with van der Waals surface area (Å²) in [6.07, 6.45) is 2.21. The van der Waals surface area contributed by atoms with E-state index in [0.29, 0.717) is 30.3 Å². The third kappa shape index (κ3) is 2.66. The van der Waals surface area contributed by atoms with Crippen molar-refractivity contribution in [1.29, 1.82) is 0 Å². The van der Waals surface area contributed by atoms with Crippen molar-refractivity contribution in [2.45, 2.75) is 24.8 Å². The molecule has 1 unspecified atom stereocenters. The smallest absolute Gasteiger partial charge is 0.275 e. The van der Waals surface area contributed by atoms with Crippen LogP contribution >= 0.6 is 0 Å². The van der Waals surface area contributed by atoms with E-state index in [4.69, 9.17) is 0 Å². The number of hydrogen-bond acceptors (Lipinski definition) is 3. The quantitative estimate of drug-likeness (QED) is 0.901. The summed E-state index contributed by atoms with van der Waals surface area (Å²) in [7, 11) is 0. The van der Waals surface area contributed by atoms with Gasteiger partial charge in [0.2, 0.25) is 5.91 Å². The molecule has 1 aromatic carbocycles. The van der Waals surface area contributed by atoms with Gasteiger partial charge in [0.05, 0.1) is 0 Å². The number of H-pyrrole nitrogens is 1. The lowest BCUT2D eigenvalue weighted by Crippen LogP contribution is -2.52. The number of hydrogen-bond donors (Lipinski definition) is 2. The summed E-state index contributed by atoms with van der Waals surface area (Å²) in [5.74, 6) is -0.600. The van der Waals surface area contributed by atoms with Gasteiger partial charge in [-0.25, -0.2) is 4.39 Å².